The third kappa shape index (κ3) is 5.75. The van der Waals surface area contributed by atoms with Crippen LogP contribution in [0, 0.1) is 12.3 Å². The molecule has 0 fully saturated rings. The molecule has 2 aromatic carbocycles. The van der Waals surface area contributed by atoms with E-state index in [4.69, 9.17) is 15.9 Å². The van der Waals surface area contributed by atoms with Gasteiger partial charge in [-0.25, -0.2) is 0 Å². The van der Waals surface area contributed by atoms with Gasteiger partial charge in [0.1, 0.15) is 6.10 Å². The highest BCUT2D eigenvalue weighted by Crippen LogP contribution is 2.15. The van der Waals surface area contributed by atoms with E-state index < -0.39 is 0 Å². The highest BCUT2D eigenvalue weighted by Gasteiger charge is 2.19. The summed E-state index contributed by atoms with van der Waals surface area (Å²) in [6.45, 7) is 4.87. The molecule has 0 unspecified atom stereocenters. The Hall–Kier alpha value is -2.34. The first-order valence-corrected chi connectivity index (χ1v) is 7.70. The maximum absolute atomic E-state index is 5.97. The molecule has 0 spiro atoms. The zero-order valence-electron chi connectivity index (χ0n) is 13.2. The van der Waals surface area contributed by atoms with E-state index in [1.807, 2.05) is 60.7 Å². The van der Waals surface area contributed by atoms with Crippen LogP contribution in [0.5, 0.6) is 0 Å². The summed E-state index contributed by atoms with van der Waals surface area (Å²) in [5.74, 6) is 2.66. The molecule has 2 rings (SSSR count). The summed E-state index contributed by atoms with van der Waals surface area (Å²) in [4.78, 5) is 0. The van der Waals surface area contributed by atoms with Crippen molar-refractivity contribution < 1.29 is 9.47 Å². The molecular formula is C21H22O2. The fourth-order valence-electron chi connectivity index (χ4n) is 2.26. The van der Waals surface area contributed by atoms with Crippen LogP contribution in [-0.2, 0) is 22.7 Å². The summed E-state index contributed by atoms with van der Waals surface area (Å²) in [7, 11) is 0. The van der Waals surface area contributed by atoms with E-state index in [2.05, 4.69) is 12.5 Å². The molecule has 0 aliphatic rings. The Morgan fingerprint density at radius 2 is 1.43 bits per heavy atom. The number of hydrogen-bond acceptors (Lipinski definition) is 2. The fourth-order valence-corrected chi connectivity index (χ4v) is 2.26. The van der Waals surface area contributed by atoms with Gasteiger partial charge >= 0.3 is 0 Å². The Kier molecular flexibility index (Phi) is 7.13. The molecule has 0 saturated heterocycles. The summed E-state index contributed by atoms with van der Waals surface area (Å²) in [6.07, 6.45) is 7.27. The van der Waals surface area contributed by atoms with Gasteiger partial charge in [-0.3, -0.25) is 0 Å². The molecule has 0 N–H and O–H groups in total. The maximum Gasteiger partial charge on any atom is 0.103 e. The molecule has 23 heavy (non-hydrogen) atoms. The molecule has 2 aromatic rings. The van der Waals surface area contributed by atoms with Crippen LogP contribution < -0.4 is 0 Å². The monoisotopic (exact) mass is 306 g/mol. The van der Waals surface area contributed by atoms with Gasteiger partial charge in [-0.1, -0.05) is 66.7 Å². The van der Waals surface area contributed by atoms with Crippen LogP contribution in [0.25, 0.3) is 0 Å². The molecule has 2 nitrogen and oxygen atoms in total. The second-order valence-electron chi connectivity index (χ2n) is 5.24. The average Bonchev–Trinajstić information content (AvgIpc) is 2.62. The lowest BCUT2D eigenvalue weighted by Crippen LogP contribution is -2.29. The first kappa shape index (κ1) is 17.0. The van der Waals surface area contributed by atoms with E-state index in [1.54, 1.807) is 6.08 Å². The van der Waals surface area contributed by atoms with Crippen molar-refractivity contribution in [3.05, 3.63) is 84.4 Å². The predicted molar refractivity (Wildman–Crippen MR) is 93.7 cm³/mol. The molecule has 0 aliphatic carbocycles. The van der Waals surface area contributed by atoms with Gasteiger partial charge in [0.15, 0.2) is 0 Å². The van der Waals surface area contributed by atoms with Crippen molar-refractivity contribution in [1.82, 2.24) is 0 Å². The summed E-state index contributed by atoms with van der Waals surface area (Å²) >= 11 is 0. The molecule has 0 radical (unpaired) electrons. The molecule has 2 atom stereocenters. The molecule has 2 heteroatoms. The van der Waals surface area contributed by atoms with E-state index in [0.29, 0.717) is 19.6 Å². The van der Waals surface area contributed by atoms with Gasteiger partial charge in [0.05, 0.1) is 19.3 Å². The van der Waals surface area contributed by atoms with Crippen molar-refractivity contribution in [2.75, 3.05) is 0 Å². The van der Waals surface area contributed by atoms with E-state index in [0.717, 1.165) is 11.1 Å². The average molecular weight is 306 g/mol. The molecule has 0 amide bonds. The standard InChI is InChI=1S/C21H22O2/c1-3-11-21(23-17-19-14-9-6-10-15-19)20(4-2)22-16-18-12-7-5-8-13-18/h1,4-10,12-15,20-21H,2,11,16-17H2/t20-,21+/m1/s1. The first-order chi connectivity index (χ1) is 11.3. The normalized spacial score (nSPS) is 13.0. The molecule has 0 saturated carbocycles. The minimum atomic E-state index is -0.241. The smallest absolute Gasteiger partial charge is 0.103 e. The number of rotatable bonds is 9. The molecule has 0 heterocycles. The second kappa shape index (κ2) is 9.63. The lowest BCUT2D eigenvalue weighted by atomic mass is 10.1. The SMILES string of the molecule is C#CC[C@H](OCc1ccccc1)[C@@H](C=C)OCc1ccccc1. The van der Waals surface area contributed by atoms with Crippen molar-refractivity contribution in [3.63, 3.8) is 0 Å². The highest BCUT2D eigenvalue weighted by molar-refractivity contribution is 5.14. The minimum absolute atomic E-state index is 0.207. The van der Waals surface area contributed by atoms with Gasteiger partial charge in [0, 0.05) is 6.42 Å². The van der Waals surface area contributed by atoms with Crippen LogP contribution in [-0.4, -0.2) is 12.2 Å². The lowest BCUT2D eigenvalue weighted by molar-refractivity contribution is -0.0617. The third-order valence-corrected chi connectivity index (χ3v) is 3.51. The molecule has 0 aliphatic heterocycles. The van der Waals surface area contributed by atoms with Crippen molar-refractivity contribution in [1.29, 1.82) is 0 Å². The van der Waals surface area contributed by atoms with E-state index in [9.17, 15) is 0 Å². The highest BCUT2D eigenvalue weighted by atomic mass is 16.5. The van der Waals surface area contributed by atoms with Gasteiger partial charge in [0.25, 0.3) is 0 Å². The van der Waals surface area contributed by atoms with Crippen molar-refractivity contribution in [3.8, 4) is 12.3 Å². The quantitative estimate of drug-likeness (QED) is 0.506. The van der Waals surface area contributed by atoms with Crippen LogP contribution in [0.15, 0.2) is 73.3 Å². The van der Waals surface area contributed by atoms with Gasteiger partial charge in [-0.15, -0.1) is 18.9 Å². The minimum Gasteiger partial charge on any atom is -0.369 e. The number of hydrogen-bond donors (Lipinski definition) is 0. The molecule has 0 aromatic heterocycles. The largest absolute Gasteiger partial charge is 0.369 e. The van der Waals surface area contributed by atoms with Gasteiger partial charge in [-0.2, -0.15) is 0 Å². The van der Waals surface area contributed by atoms with E-state index >= 15 is 0 Å². The van der Waals surface area contributed by atoms with Gasteiger partial charge in [-0.05, 0) is 11.1 Å². The summed E-state index contributed by atoms with van der Waals surface area (Å²) in [6, 6.07) is 20.1. The Bertz CT molecular complexity index is 613. The Morgan fingerprint density at radius 3 is 1.91 bits per heavy atom. The lowest BCUT2D eigenvalue weighted by Gasteiger charge is -2.24. The van der Waals surface area contributed by atoms with Crippen LogP contribution in [0.1, 0.15) is 17.5 Å². The number of terminal acetylenes is 1. The summed E-state index contributed by atoms with van der Waals surface area (Å²) in [5, 5.41) is 0. The van der Waals surface area contributed by atoms with Crippen molar-refractivity contribution in [2.24, 2.45) is 0 Å². The number of ether oxygens (including phenoxy) is 2. The molecular weight excluding hydrogens is 284 g/mol. The predicted octanol–water partition coefficient (Wildman–Crippen LogP) is 4.37. The van der Waals surface area contributed by atoms with E-state index in [1.165, 1.54) is 0 Å². The van der Waals surface area contributed by atoms with Gasteiger partial charge in [0.2, 0.25) is 0 Å². The molecule has 0 bridgehead atoms. The van der Waals surface area contributed by atoms with Crippen molar-refractivity contribution >= 4 is 0 Å². The second-order valence-corrected chi connectivity index (χ2v) is 5.24. The zero-order chi connectivity index (χ0) is 16.3. The van der Waals surface area contributed by atoms with Crippen LogP contribution in [0.4, 0.5) is 0 Å². The summed E-state index contributed by atoms with van der Waals surface area (Å²) in [5.41, 5.74) is 2.22. The topological polar surface area (TPSA) is 18.5 Å². The fraction of sp³-hybridized carbons (Fsp3) is 0.238. The van der Waals surface area contributed by atoms with Crippen LogP contribution in [0.3, 0.4) is 0 Å². The van der Waals surface area contributed by atoms with Crippen LogP contribution >= 0.6 is 0 Å². The maximum atomic E-state index is 5.97. The molecule has 118 valence electrons. The summed E-state index contributed by atoms with van der Waals surface area (Å²) < 4.78 is 11.9. The van der Waals surface area contributed by atoms with Crippen molar-refractivity contribution in [2.45, 2.75) is 31.8 Å². The number of benzene rings is 2. The Labute approximate surface area is 138 Å². The zero-order valence-corrected chi connectivity index (χ0v) is 13.2. The Morgan fingerprint density at radius 1 is 0.913 bits per heavy atom. The third-order valence-electron chi connectivity index (χ3n) is 3.51. The van der Waals surface area contributed by atoms with E-state index in [-0.39, 0.29) is 12.2 Å². The first-order valence-electron chi connectivity index (χ1n) is 7.70. The Balaban J connectivity index is 1.93. The van der Waals surface area contributed by atoms with Crippen LogP contribution in [0.2, 0.25) is 0 Å². The van der Waals surface area contributed by atoms with Gasteiger partial charge < -0.3 is 9.47 Å².